The first-order valence-electron chi connectivity index (χ1n) is 11.1. The molecule has 1 aliphatic rings. The van der Waals surface area contributed by atoms with Crippen LogP contribution in [0.25, 0.3) is 16.8 Å². The van der Waals surface area contributed by atoms with E-state index in [4.69, 9.17) is 15.2 Å². The van der Waals surface area contributed by atoms with Crippen molar-refractivity contribution >= 4 is 17.6 Å². The molecule has 0 fully saturated rings. The number of para-hydroxylation sites is 1. The van der Waals surface area contributed by atoms with Gasteiger partial charge in [-0.1, -0.05) is 24.3 Å². The van der Waals surface area contributed by atoms with Crippen molar-refractivity contribution < 1.29 is 9.47 Å². The molecule has 0 bridgehead atoms. The van der Waals surface area contributed by atoms with Crippen LogP contribution in [0.15, 0.2) is 72.0 Å². The van der Waals surface area contributed by atoms with Crippen molar-refractivity contribution in [3.8, 4) is 28.3 Å². The van der Waals surface area contributed by atoms with Crippen molar-refractivity contribution in [2.24, 2.45) is 4.99 Å². The number of hydrogen-bond acceptors (Lipinski definition) is 6. The van der Waals surface area contributed by atoms with Gasteiger partial charge in [0, 0.05) is 53.0 Å². The first-order chi connectivity index (χ1) is 16.6. The molecule has 0 spiro atoms. The van der Waals surface area contributed by atoms with Crippen molar-refractivity contribution in [1.82, 2.24) is 9.78 Å². The Labute approximate surface area is 199 Å². The van der Waals surface area contributed by atoms with Gasteiger partial charge in [0.2, 0.25) is 0 Å². The number of fused-ring (bicyclic) bond motifs is 1. The number of hydrogen-bond donors (Lipinski definition) is 1. The van der Waals surface area contributed by atoms with E-state index >= 15 is 0 Å². The van der Waals surface area contributed by atoms with Crippen LogP contribution in [0.5, 0.6) is 11.5 Å². The molecule has 4 aromatic rings. The van der Waals surface area contributed by atoms with Gasteiger partial charge in [0.25, 0.3) is 0 Å². The molecule has 1 aromatic heterocycles. The minimum atomic E-state index is 0.557. The molecule has 0 unspecified atom stereocenters. The molecular formula is C27H27N5O2. The summed E-state index contributed by atoms with van der Waals surface area (Å²) in [6.07, 6.45) is 5.89. The van der Waals surface area contributed by atoms with Gasteiger partial charge in [0.1, 0.15) is 18.2 Å². The fourth-order valence-electron chi connectivity index (χ4n) is 4.34. The summed E-state index contributed by atoms with van der Waals surface area (Å²) in [6.45, 7) is 3.26. The Hall–Kier alpha value is -4.26. The van der Waals surface area contributed by atoms with E-state index in [-0.39, 0.29) is 0 Å². The average molecular weight is 454 g/mol. The van der Waals surface area contributed by atoms with E-state index in [0.717, 1.165) is 50.7 Å². The molecule has 0 saturated heterocycles. The van der Waals surface area contributed by atoms with Crippen LogP contribution < -0.4 is 20.1 Å². The molecule has 2 N–H and O–H groups in total. The van der Waals surface area contributed by atoms with Crippen LogP contribution in [0, 0.1) is 6.92 Å². The largest absolute Gasteiger partial charge is 0.497 e. The summed E-state index contributed by atoms with van der Waals surface area (Å²) in [6, 6.07) is 18.0. The molecule has 1 aliphatic heterocycles. The highest BCUT2D eigenvalue weighted by Gasteiger charge is 2.21. The third-order valence-corrected chi connectivity index (χ3v) is 6.10. The predicted octanol–water partition coefficient (Wildman–Crippen LogP) is 4.84. The molecule has 34 heavy (non-hydrogen) atoms. The average Bonchev–Trinajstić information content (AvgIpc) is 3.35. The second-order valence-electron chi connectivity index (χ2n) is 8.29. The molecule has 172 valence electrons. The molecule has 0 amide bonds. The van der Waals surface area contributed by atoms with Gasteiger partial charge in [-0.3, -0.25) is 4.99 Å². The minimum Gasteiger partial charge on any atom is -0.497 e. The molecule has 7 nitrogen and oxygen atoms in total. The van der Waals surface area contributed by atoms with Crippen molar-refractivity contribution in [3.63, 3.8) is 0 Å². The lowest BCUT2D eigenvalue weighted by Crippen LogP contribution is -2.27. The lowest BCUT2D eigenvalue weighted by molar-refractivity contribution is 0.390. The summed E-state index contributed by atoms with van der Waals surface area (Å²) in [7, 11) is 3.33. The predicted molar refractivity (Wildman–Crippen MR) is 136 cm³/mol. The topological polar surface area (TPSA) is 77.9 Å². The van der Waals surface area contributed by atoms with E-state index in [2.05, 4.69) is 46.3 Å². The van der Waals surface area contributed by atoms with Gasteiger partial charge >= 0.3 is 0 Å². The summed E-state index contributed by atoms with van der Waals surface area (Å²) in [5, 5.41) is 4.64. The summed E-state index contributed by atoms with van der Waals surface area (Å²) in [4.78, 5) is 6.86. The molecule has 0 saturated carbocycles. The third kappa shape index (κ3) is 3.96. The monoisotopic (exact) mass is 453 g/mol. The van der Waals surface area contributed by atoms with E-state index in [1.807, 2.05) is 53.5 Å². The number of nitrogens with zero attached hydrogens (tertiary/aromatic N) is 4. The zero-order valence-corrected chi connectivity index (χ0v) is 19.5. The number of nitrogens with two attached hydrogens (primary N) is 1. The molecular weight excluding hydrogens is 426 g/mol. The highest BCUT2D eigenvalue weighted by Crippen LogP contribution is 2.37. The lowest BCUT2D eigenvalue weighted by Gasteiger charge is -2.30. The molecule has 0 aliphatic carbocycles. The fourth-order valence-corrected chi connectivity index (χ4v) is 4.34. The number of benzene rings is 3. The lowest BCUT2D eigenvalue weighted by atomic mass is 10.0. The molecule has 3 aromatic carbocycles. The van der Waals surface area contributed by atoms with E-state index in [1.54, 1.807) is 14.2 Å². The van der Waals surface area contributed by atoms with Crippen LogP contribution in [0.2, 0.25) is 0 Å². The van der Waals surface area contributed by atoms with E-state index in [0.29, 0.717) is 18.9 Å². The number of nitrogen functional groups attached to an aromatic ring is 1. The van der Waals surface area contributed by atoms with Crippen molar-refractivity contribution in [1.29, 1.82) is 0 Å². The smallest absolute Gasteiger partial charge is 0.127 e. The van der Waals surface area contributed by atoms with Crippen molar-refractivity contribution in [2.75, 3.05) is 31.5 Å². The van der Waals surface area contributed by atoms with Gasteiger partial charge < -0.3 is 20.1 Å². The zero-order valence-electron chi connectivity index (χ0n) is 19.5. The normalized spacial score (nSPS) is 12.5. The molecule has 2 heterocycles. The van der Waals surface area contributed by atoms with Gasteiger partial charge in [-0.2, -0.15) is 5.10 Å². The highest BCUT2D eigenvalue weighted by atomic mass is 16.5. The SMILES string of the molecule is COc1ccc(CN2CN=Cc3cccc(-c4cnn(-c5cc(N)ccc5C)c4)c32)c(OC)c1. The van der Waals surface area contributed by atoms with Crippen molar-refractivity contribution in [2.45, 2.75) is 13.5 Å². The first kappa shape index (κ1) is 21.6. The van der Waals surface area contributed by atoms with Crippen LogP contribution in [0.1, 0.15) is 16.7 Å². The number of methoxy groups -OCH3 is 2. The maximum Gasteiger partial charge on any atom is 0.127 e. The first-order valence-corrected chi connectivity index (χ1v) is 11.1. The highest BCUT2D eigenvalue weighted by molar-refractivity contribution is 5.96. The summed E-state index contributed by atoms with van der Waals surface area (Å²) in [5.41, 5.74) is 14.2. The minimum absolute atomic E-state index is 0.557. The summed E-state index contributed by atoms with van der Waals surface area (Å²) in [5.74, 6) is 1.56. The van der Waals surface area contributed by atoms with E-state index in [1.165, 1.54) is 0 Å². The van der Waals surface area contributed by atoms with Crippen LogP contribution in [-0.2, 0) is 6.54 Å². The number of aryl methyl sites for hydroxylation is 1. The zero-order chi connectivity index (χ0) is 23.7. The Bertz CT molecular complexity index is 1380. The van der Waals surface area contributed by atoms with Gasteiger partial charge in [-0.15, -0.1) is 0 Å². The second-order valence-corrected chi connectivity index (χ2v) is 8.29. The Morgan fingerprint density at radius 3 is 2.74 bits per heavy atom. The number of aromatic nitrogens is 2. The Kier molecular flexibility index (Phi) is 5.67. The molecule has 5 rings (SSSR count). The van der Waals surface area contributed by atoms with Gasteiger partial charge in [0.15, 0.2) is 0 Å². The van der Waals surface area contributed by atoms with Gasteiger partial charge in [0.05, 0.1) is 31.8 Å². The van der Waals surface area contributed by atoms with Crippen molar-refractivity contribution in [3.05, 3.63) is 83.7 Å². The van der Waals surface area contributed by atoms with Crippen LogP contribution in [0.4, 0.5) is 11.4 Å². The Balaban J connectivity index is 1.54. The van der Waals surface area contributed by atoms with Crippen LogP contribution >= 0.6 is 0 Å². The van der Waals surface area contributed by atoms with Crippen LogP contribution in [0.3, 0.4) is 0 Å². The standard InChI is InChI=1S/C27H27N5O2/c1-18-7-9-22(28)11-25(18)32-16-21(14-30-32)24-6-4-5-19-13-29-17-31(27(19)24)15-20-8-10-23(33-2)12-26(20)34-3/h4-14,16H,15,17,28H2,1-3H3. The van der Waals surface area contributed by atoms with Gasteiger partial charge in [-0.05, 0) is 36.8 Å². The number of anilines is 2. The molecule has 0 atom stereocenters. The molecule has 7 heteroatoms. The second kappa shape index (κ2) is 8.94. The quantitative estimate of drug-likeness (QED) is 0.423. The Morgan fingerprint density at radius 2 is 1.91 bits per heavy atom. The number of aliphatic imine (C=N–C) groups is 1. The summed E-state index contributed by atoms with van der Waals surface area (Å²) >= 11 is 0. The number of rotatable bonds is 6. The van der Waals surface area contributed by atoms with E-state index < -0.39 is 0 Å². The fraction of sp³-hybridized carbons (Fsp3) is 0.185. The number of ether oxygens (including phenoxy) is 2. The van der Waals surface area contributed by atoms with E-state index in [9.17, 15) is 0 Å². The molecule has 0 radical (unpaired) electrons. The third-order valence-electron chi connectivity index (χ3n) is 6.10. The van der Waals surface area contributed by atoms with Gasteiger partial charge in [-0.25, -0.2) is 4.68 Å². The maximum atomic E-state index is 6.03. The maximum absolute atomic E-state index is 6.03. The van der Waals surface area contributed by atoms with Crippen LogP contribution in [-0.4, -0.2) is 36.9 Å². The Morgan fingerprint density at radius 1 is 1.03 bits per heavy atom. The summed E-state index contributed by atoms with van der Waals surface area (Å²) < 4.78 is 12.9.